The number of anilines is 1. The Morgan fingerprint density at radius 3 is 2.81 bits per heavy atom. The lowest BCUT2D eigenvalue weighted by molar-refractivity contribution is 0.388. The van der Waals surface area contributed by atoms with Crippen molar-refractivity contribution < 1.29 is 17.5 Å². The monoisotopic (exact) mass is 314 g/mol. The van der Waals surface area contributed by atoms with Crippen LogP contribution in [0.3, 0.4) is 0 Å². The Labute approximate surface area is 121 Å². The van der Waals surface area contributed by atoms with E-state index < -0.39 is 15.8 Å². The Kier molecular flexibility index (Phi) is 4.43. The Morgan fingerprint density at radius 1 is 1.48 bits per heavy atom. The van der Waals surface area contributed by atoms with E-state index in [9.17, 15) is 12.8 Å². The van der Waals surface area contributed by atoms with Crippen LogP contribution in [0.15, 0.2) is 35.7 Å². The van der Waals surface area contributed by atoms with Crippen LogP contribution in [-0.2, 0) is 16.6 Å². The summed E-state index contributed by atoms with van der Waals surface area (Å²) < 4.78 is 46.6. The minimum absolute atomic E-state index is 0.0764. The van der Waals surface area contributed by atoms with Crippen LogP contribution < -0.4 is 15.2 Å². The smallest absolute Gasteiger partial charge is 0.240 e. The molecule has 3 N–H and O–H groups in total. The second-order valence-corrected chi connectivity index (χ2v) is 5.99. The van der Waals surface area contributed by atoms with Gasteiger partial charge in [-0.2, -0.15) is 0 Å². The molecule has 0 aliphatic heterocycles. The van der Waals surface area contributed by atoms with Gasteiger partial charge in [-0.05, 0) is 12.1 Å². The van der Waals surface area contributed by atoms with Crippen molar-refractivity contribution in [2.45, 2.75) is 11.4 Å². The first-order valence-corrected chi connectivity index (χ1v) is 7.51. The van der Waals surface area contributed by atoms with E-state index in [1.165, 1.54) is 7.11 Å². The van der Waals surface area contributed by atoms with Gasteiger partial charge < -0.3 is 15.0 Å². The van der Waals surface area contributed by atoms with Crippen LogP contribution in [0.25, 0.3) is 0 Å². The topological polar surface area (TPSA) is 99.2 Å². The summed E-state index contributed by atoms with van der Waals surface area (Å²) in [5, 5.41) is 0. The molecule has 7 nitrogen and oxygen atoms in total. The van der Waals surface area contributed by atoms with Gasteiger partial charge in [0.1, 0.15) is 0 Å². The molecule has 0 saturated heterocycles. The summed E-state index contributed by atoms with van der Waals surface area (Å²) in [7, 11) is -2.59. The highest BCUT2D eigenvalue weighted by atomic mass is 32.2. The maximum atomic E-state index is 13.7. The lowest BCUT2D eigenvalue weighted by Crippen LogP contribution is -2.27. The van der Waals surface area contributed by atoms with E-state index in [2.05, 4.69) is 9.71 Å². The van der Waals surface area contributed by atoms with Gasteiger partial charge in [0, 0.05) is 25.5 Å². The van der Waals surface area contributed by atoms with Gasteiger partial charge in [0.05, 0.1) is 24.0 Å². The number of nitrogens with two attached hydrogens (primary N) is 1. The lowest BCUT2D eigenvalue weighted by atomic mass is 10.3. The Balaban J connectivity index is 2.12. The van der Waals surface area contributed by atoms with E-state index in [4.69, 9.17) is 10.5 Å². The molecule has 1 heterocycles. The van der Waals surface area contributed by atoms with Gasteiger partial charge in [0.25, 0.3) is 0 Å². The summed E-state index contributed by atoms with van der Waals surface area (Å²) >= 11 is 0. The van der Waals surface area contributed by atoms with Crippen molar-refractivity contribution in [2.24, 2.45) is 0 Å². The van der Waals surface area contributed by atoms with Gasteiger partial charge >= 0.3 is 0 Å². The summed E-state index contributed by atoms with van der Waals surface area (Å²) in [4.78, 5) is 3.60. The number of sulfonamides is 1. The van der Waals surface area contributed by atoms with E-state index in [-0.39, 0.29) is 22.9 Å². The van der Waals surface area contributed by atoms with Crippen molar-refractivity contribution in [2.75, 3.05) is 19.4 Å². The number of benzene rings is 1. The molecule has 9 heteroatoms. The van der Waals surface area contributed by atoms with Crippen molar-refractivity contribution in [1.82, 2.24) is 14.3 Å². The molecule has 0 aliphatic carbocycles. The number of methoxy groups -OCH3 is 1. The van der Waals surface area contributed by atoms with Crippen LogP contribution >= 0.6 is 0 Å². The van der Waals surface area contributed by atoms with Gasteiger partial charge in [-0.25, -0.2) is 22.5 Å². The highest BCUT2D eigenvalue weighted by Crippen LogP contribution is 2.28. The standard InChI is InChI=1S/C12H15FN4O3S/c1-20-12-10(13)6-9(7-11(12)14)21(18,19)16-3-5-17-4-2-15-8-17/h2,4,6-8,16H,3,5,14H2,1H3. The van der Waals surface area contributed by atoms with Crippen molar-refractivity contribution in [3.63, 3.8) is 0 Å². The highest BCUT2D eigenvalue weighted by Gasteiger charge is 2.18. The third-order valence-corrected chi connectivity index (χ3v) is 4.22. The number of aromatic nitrogens is 2. The summed E-state index contributed by atoms with van der Waals surface area (Å²) in [6, 6.07) is 2.02. The first-order chi connectivity index (χ1) is 9.94. The summed E-state index contributed by atoms with van der Waals surface area (Å²) in [6.07, 6.45) is 4.87. The van der Waals surface area contributed by atoms with Crippen LogP contribution in [0, 0.1) is 5.82 Å². The molecular formula is C12H15FN4O3S. The molecule has 21 heavy (non-hydrogen) atoms. The fraction of sp³-hybridized carbons (Fsp3) is 0.250. The molecule has 0 bridgehead atoms. The minimum Gasteiger partial charge on any atom is -0.492 e. The molecule has 0 aliphatic rings. The third-order valence-electron chi connectivity index (χ3n) is 2.78. The molecule has 114 valence electrons. The average molecular weight is 314 g/mol. The SMILES string of the molecule is COc1c(N)cc(S(=O)(=O)NCCn2ccnc2)cc1F. The summed E-state index contributed by atoms with van der Waals surface area (Å²) in [6.45, 7) is 0.555. The van der Waals surface area contributed by atoms with E-state index in [1.807, 2.05) is 0 Å². The predicted octanol–water partition coefficient (Wildman–Crippen LogP) is 0.591. The van der Waals surface area contributed by atoms with Crippen LogP contribution in [0.2, 0.25) is 0 Å². The van der Waals surface area contributed by atoms with Gasteiger partial charge in [0.2, 0.25) is 10.0 Å². The molecule has 0 spiro atoms. The number of nitrogen functional groups attached to an aromatic ring is 1. The number of rotatable bonds is 6. The third kappa shape index (κ3) is 3.50. The molecule has 0 saturated carbocycles. The van der Waals surface area contributed by atoms with Gasteiger partial charge in [-0.15, -0.1) is 0 Å². The average Bonchev–Trinajstić information content (AvgIpc) is 2.91. The molecule has 2 rings (SSSR count). The van der Waals surface area contributed by atoms with Crippen molar-refractivity contribution in [1.29, 1.82) is 0 Å². The number of nitrogens with one attached hydrogen (secondary N) is 1. The molecule has 2 aromatic rings. The quantitative estimate of drug-likeness (QED) is 0.760. The first kappa shape index (κ1) is 15.3. The fourth-order valence-electron chi connectivity index (χ4n) is 1.77. The number of ether oxygens (including phenoxy) is 1. The summed E-state index contributed by atoms with van der Waals surface area (Å²) in [5.41, 5.74) is 5.49. The predicted molar refractivity (Wildman–Crippen MR) is 74.8 cm³/mol. The lowest BCUT2D eigenvalue weighted by Gasteiger charge is -2.10. The number of halogens is 1. The number of nitrogens with zero attached hydrogens (tertiary/aromatic N) is 2. The molecule has 0 fully saturated rings. The highest BCUT2D eigenvalue weighted by molar-refractivity contribution is 7.89. The zero-order chi connectivity index (χ0) is 15.5. The normalized spacial score (nSPS) is 11.5. The van der Waals surface area contributed by atoms with Crippen molar-refractivity contribution >= 4 is 15.7 Å². The molecule has 1 aromatic carbocycles. The van der Waals surface area contributed by atoms with Crippen molar-refractivity contribution in [3.8, 4) is 5.75 Å². The van der Waals surface area contributed by atoms with E-state index in [0.29, 0.717) is 6.54 Å². The molecule has 0 unspecified atom stereocenters. The largest absolute Gasteiger partial charge is 0.492 e. The molecule has 0 atom stereocenters. The molecular weight excluding hydrogens is 299 g/mol. The van der Waals surface area contributed by atoms with Crippen LogP contribution in [-0.4, -0.2) is 31.6 Å². The Morgan fingerprint density at radius 2 is 2.24 bits per heavy atom. The van der Waals surface area contributed by atoms with Crippen LogP contribution in [0.5, 0.6) is 5.75 Å². The second-order valence-electron chi connectivity index (χ2n) is 4.23. The number of hydrogen-bond acceptors (Lipinski definition) is 5. The minimum atomic E-state index is -3.84. The fourth-order valence-corrected chi connectivity index (χ4v) is 2.84. The van der Waals surface area contributed by atoms with Gasteiger partial charge in [-0.3, -0.25) is 0 Å². The molecule has 1 aromatic heterocycles. The zero-order valence-corrected chi connectivity index (χ0v) is 12.1. The zero-order valence-electron chi connectivity index (χ0n) is 11.3. The van der Waals surface area contributed by atoms with E-state index in [1.54, 1.807) is 23.3 Å². The Hall–Kier alpha value is -2.13. The molecule has 0 amide bonds. The van der Waals surface area contributed by atoms with Gasteiger partial charge in [-0.1, -0.05) is 0 Å². The van der Waals surface area contributed by atoms with E-state index in [0.717, 1.165) is 12.1 Å². The Bertz CT molecular complexity index is 693. The van der Waals surface area contributed by atoms with Gasteiger partial charge in [0.15, 0.2) is 11.6 Å². The second kappa shape index (κ2) is 6.10. The number of hydrogen-bond donors (Lipinski definition) is 2. The van der Waals surface area contributed by atoms with E-state index >= 15 is 0 Å². The number of imidazole rings is 1. The maximum Gasteiger partial charge on any atom is 0.240 e. The maximum absolute atomic E-state index is 13.7. The van der Waals surface area contributed by atoms with Crippen LogP contribution in [0.1, 0.15) is 0 Å². The van der Waals surface area contributed by atoms with Crippen molar-refractivity contribution in [3.05, 3.63) is 36.7 Å². The first-order valence-electron chi connectivity index (χ1n) is 6.02. The molecule has 0 radical (unpaired) electrons. The summed E-state index contributed by atoms with van der Waals surface area (Å²) in [5.74, 6) is -1.00. The van der Waals surface area contributed by atoms with Crippen LogP contribution in [0.4, 0.5) is 10.1 Å².